The Kier molecular flexibility index (Phi) is 7.17. The first kappa shape index (κ1) is 20.0. The lowest BCUT2D eigenvalue weighted by molar-refractivity contribution is -0.122. The fraction of sp³-hybridized carbons (Fsp3) is 0.273. The molecule has 0 atom stereocenters. The summed E-state index contributed by atoms with van der Waals surface area (Å²) in [7, 11) is 0. The molecule has 2 aromatic carbocycles. The highest BCUT2D eigenvalue weighted by atomic mass is 32.1. The highest BCUT2D eigenvalue weighted by Crippen LogP contribution is 2.18. The van der Waals surface area contributed by atoms with E-state index in [2.05, 4.69) is 5.32 Å². The molecular formula is C22H24N2O3S. The van der Waals surface area contributed by atoms with Crippen LogP contribution in [-0.2, 0) is 16.1 Å². The van der Waals surface area contributed by atoms with Gasteiger partial charge in [-0.1, -0.05) is 42.5 Å². The lowest BCUT2D eigenvalue weighted by Crippen LogP contribution is -2.32. The maximum Gasteiger partial charge on any atom is 0.276 e. The number of rotatable bonds is 9. The van der Waals surface area contributed by atoms with Gasteiger partial charge in [0.2, 0.25) is 0 Å². The third kappa shape index (κ3) is 5.41. The summed E-state index contributed by atoms with van der Waals surface area (Å²) in [6.45, 7) is 4.31. The number of nitrogens with one attached hydrogen (secondary N) is 1. The van der Waals surface area contributed by atoms with E-state index in [1.54, 1.807) is 11.0 Å². The topological polar surface area (TPSA) is 50.8 Å². The lowest BCUT2D eigenvalue weighted by Gasteiger charge is -2.13. The van der Waals surface area contributed by atoms with Crippen LogP contribution in [0.4, 0.5) is 0 Å². The first-order valence-electron chi connectivity index (χ1n) is 9.36. The van der Waals surface area contributed by atoms with Crippen molar-refractivity contribution >= 4 is 29.3 Å². The predicted molar refractivity (Wildman–Crippen MR) is 114 cm³/mol. The average Bonchev–Trinajstić information content (AvgIpc) is 2.98. The molecule has 0 unspecified atom stereocenters. The first-order chi connectivity index (χ1) is 13.7. The van der Waals surface area contributed by atoms with Crippen molar-refractivity contribution in [3.8, 4) is 5.75 Å². The minimum absolute atomic E-state index is 0.106. The van der Waals surface area contributed by atoms with E-state index < -0.39 is 0 Å². The number of ether oxygens (including phenoxy) is 2. The summed E-state index contributed by atoms with van der Waals surface area (Å²) in [5.74, 6) is 0.677. The minimum atomic E-state index is -0.106. The van der Waals surface area contributed by atoms with Gasteiger partial charge in [0, 0.05) is 19.8 Å². The van der Waals surface area contributed by atoms with E-state index in [9.17, 15) is 4.79 Å². The lowest BCUT2D eigenvalue weighted by atomic mass is 10.2. The van der Waals surface area contributed by atoms with Gasteiger partial charge in [-0.3, -0.25) is 9.69 Å². The van der Waals surface area contributed by atoms with E-state index in [1.165, 1.54) is 0 Å². The van der Waals surface area contributed by atoms with Gasteiger partial charge in [0.15, 0.2) is 5.11 Å². The summed E-state index contributed by atoms with van der Waals surface area (Å²) in [6.07, 6.45) is 2.56. The molecular weight excluding hydrogens is 372 g/mol. The summed E-state index contributed by atoms with van der Waals surface area (Å²) in [4.78, 5) is 14.1. The number of amides is 1. The van der Waals surface area contributed by atoms with Gasteiger partial charge in [-0.2, -0.15) is 0 Å². The van der Waals surface area contributed by atoms with Gasteiger partial charge in [0.25, 0.3) is 5.91 Å². The number of carbonyl (C=O) groups excluding carboxylic acids is 1. The first-order valence-corrected chi connectivity index (χ1v) is 9.77. The van der Waals surface area contributed by atoms with Crippen molar-refractivity contribution in [2.75, 3.05) is 19.8 Å². The number of nitrogens with zero attached hydrogens (tertiary/aromatic N) is 1. The molecule has 1 saturated heterocycles. The van der Waals surface area contributed by atoms with Crippen molar-refractivity contribution in [2.24, 2.45) is 0 Å². The van der Waals surface area contributed by atoms with E-state index in [0.717, 1.165) is 23.3 Å². The van der Waals surface area contributed by atoms with Crippen LogP contribution in [0.25, 0.3) is 6.08 Å². The van der Waals surface area contributed by atoms with Crippen molar-refractivity contribution in [3.05, 3.63) is 71.4 Å². The fourth-order valence-electron chi connectivity index (χ4n) is 2.81. The van der Waals surface area contributed by atoms with E-state index in [1.807, 2.05) is 61.5 Å². The van der Waals surface area contributed by atoms with Gasteiger partial charge >= 0.3 is 0 Å². The Hall–Kier alpha value is -2.70. The third-order valence-corrected chi connectivity index (χ3v) is 4.60. The normalized spacial score (nSPS) is 15.2. The fourth-order valence-corrected chi connectivity index (χ4v) is 3.10. The molecule has 2 aromatic rings. The maximum atomic E-state index is 12.6. The Morgan fingerprint density at radius 2 is 1.86 bits per heavy atom. The van der Waals surface area contributed by atoms with E-state index in [0.29, 0.717) is 37.2 Å². The van der Waals surface area contributed by atoms with Crippen LogP contribution in [0.3, 0.4) is 0 Å². The predicted octanol–water partition coefficient (Wildman–Crippen LogP) is 3.75. The summed E-state index contributed by atoms with van der Waals surface area (Å²) < 4.78 is 11.1. The van der Waals surface area contributed by atoms with Gasteiger partial charge in [-0.05, 0) is 54.9 Å². The molecule has 1 N–H and O–H groups in total. The molecule has 28 heavy (non-hydrogen) atoms. The van der Waals surface area contributed by atoms with Gasteiger partial charge in [0.05, 0.1) is 0 Å². The van der Waals surface area contributed by atoms with Crippen LogP contribution in [-0.4, -0.2) is 35.7 Å². The molecule has 0 bridgehead atoms. The molecule has 1 aliphatic heterocycles. The van der Waals surface area contributed by atoms with Crippen LogP contribution in [0.2, 0.25) is 0 Å². The molecule has 0 radical (unpaired) electrons. The molecule has 3 rings (SSSR count). The smallest absolute Gasteiger partial charge is 0.276 e. The molecule has 5 nitrogen and oxygen atoms in total. The molecule has 0 saturated carbocycles. The Bertz CT molecular complexity index is 835. The van der Waals surface area contributed by atoms with Crippen LogP contribution >= 0.6 is 12.2 Å². The van der Waals surface area contributed by atoms with Crippen LogP contribution < -0.4 is 10.1 Å². The summed E-state index contributed by atoms with van der Waals surface area (Å²) in [5, 5.41) is 3.44. The Labute approximate surface area is 170 Å². The highest BCUT2D eigenvalue weighted by molar-refractivity contribution is 7.80. The Balaban J connectivity index is 1.57. The van der Waals surface area contributed by atoms with Gasteiger partial charge in [-0.15, -0.1) is 0 Å². The van der Waals surface area contributed by atoms with Crippen molar-refractivity contribution in [2.45, 2.75) is 20.0 Å². The molecule has 1 amide bonds. The Morgan fingerprint density at radius 1 is 1.11 bits per heavy atom. The monoisotopic (exact) mass is 396 g/mol. The zero-order valence-electron chi connectivity index (χ0n) is 15.9. The summed E-state index contributed by atoms with van der Waals surface area (Å²) in [6, 6.07) is 17.6. The number of thiocarbonyl (C=S) groups is 1. The number of benzene rings is 2. The second kappa shape index (κ2) is 10.0. The van der Waals surface area contributed by atoms with Gasteiger partial charge in [0.1, 0.15) is 18.1 Å². The third-order valence-electron chi connectivity index (χ3n) is 4.28. The number of hydrogen-bond acceptors (Lipinski definition) is 4. The Morgan fingerprint density at radius 3 is 2.57 bits per heavy atom. The number of hydrogen-bond donors (Lipinski definition) is 1. The standard InChI is InChI=1S/C22H24N2O3S/c1-2-26-14-6-13-24-21(25)20(23-22(24)28)15-17-9-11-19(12-10-17)27-16-18-7-4-3-5-8-18/h3-5,7-12,15H,2,6,13-14,16H2,1H3,(H,23,28)/b20-15+. The van der Waals surface area contributed by atoms with Gasteiger partial charge in [-0.25, -0.2) is 0 Å². The second-order valence-electron chi connectivity index (χ2n) is 6.34. The van der Waals surface area contributed by atoms with Crippen LogP contribution in [0.1, 0.15) is 24.5 Å². The van der Waals surface area contributed by atoms with Crippen molar-refractivity contribution < 1.29 is 14.3 Å². The quantitative estimate of drug-likeness (QED) is 0.397. The average molecular weight is 397 g/mol. The summed E-state index contributed by atoms with van der Waals surface area (Å²) >= 11 is 5.28. The van der Waals surface area contributed by atoms with Crippen molar-refractivity contribution in [1.82, 2.24) is 10.2 Å². The van der Waals surface area contributed by atoms with Crippen molar-refractivity contribution in [1.29, 1.82) is 0 Å². The highest BCUT2D eigenvalue weighted by Gasteiger charge is 2.29. The molecule has 6 heteroatoms. The van der Waals surface area contributed by atoms with Crippen molar-refractivity contribution in [3.63, 3.8) is 0 Å². The largest absolute Gasteiger partial charge is 0.489 e. The van der Waals surface area contributed by atoms with E-state index in [-0.39, 0.29) is 5.91 Å². The molecule has 0 aromatic heterocycles. The maximum absolute atomic E-state index is 12.6. The van der Waals surface area contributed by atoms with Gasteiger partial charge < -0.3 is 14.8 Å². The van der Waals surface area contributed by atoms with Crippen LogP contribution in [0, 0.1) is 0 Å². The van der Waals surface area contributed by atoms with E-state index in [4.69, 9.17) is 21.7 Å². The van der Waals surface area contributed by atoms with Crippen LogP contribution in [0.15, 0.2) is 60.3 Å². The molecule has 1 aliphatic rings. The summed E-state index contributed by atoms with van der Waals surface area (Å²) in [5.41, 5.74) is 2.51. The molecule has 0 spiro atoms. The zero-order valence-corrected chi connectivity index (χ0v) is 16.7. The molecule has 1 fully saturated rings. The van der Waals surface area contributed by atoms with E-state index >= 15 is 0 Å². The van der Waals surface area contributed by atoms with Crippen LogP contribution in [0.5, 0.6) is 5.75 Å². The minimum Gasteiger partial charge on any atom is -0.489 e. The molecule has 1 heterocycles. The molecule has 146 valence electrons. The SMILES string of the molecule is CCOCCCN1C(=O)/C(=C\c2ccc(OCc3ccccc3)cc2)NC1=S. The number of carbonyl (C=O) groups is 1. The molecule has 0 aliphatic carbocycles. The second-order valence-corrected chi connectivity index (χ2v) is 6.73. The zero-order chi connectivity index (χ0) is 19.8.